The summed E-state index contributed by atoms with van der Waals surface area (Å²) in [5.41, 5.74) is 10.8. The van der Waals surface area contributed by atoms with E-state index in [1.54, 1.807) is 0 Å². The van der Waals surface area contributed by atoms with Crippen molar-refractivity contribution in [2.24, 2.45) is 0 Å². The summed E-state index contributed by atoms with van der Waals surface area (Å²) in [5.74, 6) is 1.61. The monoisotopic (exact) mass is 718 g/mol. The van der Waals surface area contributed by atoms with Gasteiger partial charge in [-0.25, -0.2) is 0 Å². The van der Waals surface area contributed by atoms with Crippen LogP contribution in [0.1, 0.15) is 176 Å². The van der Waals surface area contributed by atoms with E-state index in [0.29, 0.717) is 32.3 Å². The Labute approximate surface area is 320 Å². The van der Waals surface area contributed by atoms with Crippen molar-refractivity contribution < 1.29 is 20.1 Å². The molecule has 0 aromatic heterocycles. The smallest absolute Gasteiger partial charge is 0.126 e. The van der Waals surface area contributed by atoms with E-state index in [4.69, 9.17) is 4.74 Å². The molecule has 0 atom stereocenters. The average molecular weight is 719 g/mol. The molecule has 8 bridgehead atoms. The molecular formula is C49H66O4. The molecule has 53 heavy (non-hydrogen) atoms. The molecule has 1 aliphatic rings. The van der Waals surface area contributed by atoms with Crippen molar-refractivity contribution >= 4 is 0 Å². The zero-order valence-corrected chi connectivity index (χ0v) is 35.0. The minimum atomic E-state index is -0.181. The van der Waals surface area contributed by atoms with Gasteiger partial charge in [-0.15, -0.1) is 0 Å². The summed E-state index contributed by atoms with van der Waals surface area (Å²) in [6.45, 7) is 29.3. The molecule has 0 spiro atoms. The van der Waals surface area contributed by atoms with E-state index in [1.807, 2.05) is 0 Å². The maximum absolute atomic E-state index is 12.2. The Morgan fingerprint density at radius 3 is 0.906 bits per heavy atom. The first-order valence-electron chi connectivity index (χ1n) is 19.8. The maximum atomic E-state index is 12.2. The van der Waals surface area contributed by atoms with E-state index in [2.05, 4.69) is 139 Å². The standard InChI is InChI=1S/C49H66O4/c1-14-15-16-17-53-45-36-20-34-26-39(47(5,6)7)24-32(43(34)51)18-30-22-38(46(2,3)4)23-31(42(30)50)19-33-25-40(48(8,9)10)27-35(44(33)52)21-37(45)29-41(28-36)49(11,12)13/h22-29,50-52H,14-21H2,1-13H3. The van der Waals surface area contributed by atoms with Gasteiger partial charge in [0, 0.05) is 25.7 Å². The van der Waals surface area contributed by atoms with Crippen LogP contribution in [-0.2, 0) is 47.3 Å². The summed E-state index contributed by atoms with van der Waals surface area (Å²) in [6, 6.07) is 17.3. The van der Waals surface area contributed by atoms with E-state index in [-0.39, 0.29) is 38.9 Å². The maximum Gasteiger partial charge on any atom is 0.126 e. The molecule has 0 saturated heterocycles. The molecule has 0 saturated carbocycles. The quantitative estimate of drug-likeness (QED) is 0.158. The second-order valence-electron chi connectivity index (χ2n) is 19.8. The average Bonchev–Trinajstić information content (AvgIpc) is 3.02. The number of ether oxygens (including phenoxy) is 1. The van der Waals surface area contributed by atoms with Crippen LogP contribution in [0.5, 0.6) is 23.0 Å². The topological polar surface area (TPSA) is 69.9 Å². The summed E-state index contributed by atoms with van der Waals surface area (Å²) in [7, 11) is 0. The van der Waals surface area contributed by atoms with Gasteiger partial charge in [-0.2, -0.15) is 0 Å². The predicted molar refractivity (Wildman–Crippen MR) is 222 cm³/mol. The molecule has 5 rings (SSSR count). The highest BCUT2D eigenvalue weighted by Gasteiger charge is 2.28. The van der Waals surface area contributed by atoms with Gasteiger partial charge in [0.25, 0.3) is 0 Å². The first kappa shape index (κ1) is 40.3. The number of benzene rings is 4. The minimum absolute atomic E-state index is 0.142. The molecule has 0 fully saturated rings. The predicted octanol–water partition coefficient (Wildman–Crippen LogP) is 12.2. The molecule has 3 N–H and O–H groups in total. The Morgan fingerprint density at radius 1 is 0.415 bits per heavy atom. The van der Waals surface area contributed by atoms with Crippen LogP contribution in [0.15, 0.2) is 48.5 Å². The first-order chi connectivity index (χ1) is 24.5. The van der Waals surface area contributed by atoms with Gasteiger partial charge in [0.15, 0.2) is 0 Å². The lowest BCUT2D eigenvalue weighted by Crippen LogP contribution is -2.16. The van der Waals surface area contributed by atoms with Crippen LogP contribution in [0.25, 0.3) is 0 Å². The van der Waals surface area contributed by atoms with Crippen LogP contribution in [0, 0.1) is 0 Å². The van der Waals surface area contributed by atoms with Crippen molar-refractivity contribution in [1.29, 1.82) is 0 Å². The van der Waals surface area contributed by atoms with Crippen LogP contribution in [-0.4, -0.2) is 21.9 Å². The number of unbranched alkanes of at least 4 members (excludes halogenated alkanes) is 2. The SMILES string of the molecule is CCCCCOc1c2cc(C(C)(C)C)cc1Cc1cc(C(C)(C)C)cc(c1O)Cc1cc(C(C)(C)C)cc(c1O)Cc1cc(C(C)(C)C)cc(c1O)C2. The summed E-state index contributed by atoms with van der Waals surface area (Å²) in [5, 5.41) is 36.4. The normalized spacial score (nSPS) is 14.0. The highest BCUT2D eigenvalue weighted by atomic mass is 16.5. The Kier molecular flexibility index (Phi) is 11.2. The summed E-state index contributed by atoms with van der Waals surface area (Å²) >= 11 is 0. The molecule has 0 aliphatic heterocycles. The first-order valence-corrected chi connectivity index (χ1v) is 19.8. The highest BCUT2D eigenvalue weighted by Crippen LogP contribution is 2.43. The number of phenolic OH excluding ortho intramolecular Hbond substituents is 3. The van der Waals surface area contributed by atoms with Crippen LogP contribution >= 0.6 is 0 Å². The molecule has 0 amide bonds. The molecule has 0 radical (unpaired) electrons. The van der Waals surface area contributed by atoms with Crippen molar-refractivity contribution in [2.75, 3.05) is 6.61 Å². The van der Waals surface area contributed by atoms with Gasteiger partial charge >= 0.3 is 0 Å². The minimum Gasteiger partial charge on any atom is -0.507 e. The van der Waals surface area contributed by atoms with Crippen LogP contribution in [0.4, 0.5) is 0 Å². The molecule has 1 aliphatic carbocycles. The largest absolute Gasteiger partial charge is 0.507 e. The van der Waals surface area contributed by atoms with Crippen LogP contribution in [0.2, 0.25) is 0 Å². The fourth-order valence-electron chi connectivity index (χ4n) is 7.37. The summed E-state index contributed by atoms with van der Waals surface area (Å²) < 4.78 is 6.80. The van der Waals surface area contributed by atoms with Gasteiger partial charge in [0.05, 0.1) is 6.61 Å². The Balaban J connectivity index is 1.90. The van der Waals surface area contributed by atoms with E-state index in [9.17, 15) is 15.3 Å². The molecule has 4 heteroatoms. The Morgan fingerprint density at radius 2 is 0.660 bits per heavy atom. The number of rotatable bonds is 5. The van der Waals surface area contributed by atoms with E-state index < -0.39 is 0 Å². The third-order valence-corrected chi connectivity index (χ3v) is 11.0. The second-order valence-corrected chi connectivity index (χ2v) is 19.8. The fraction of sp³-hybridized carbons (Fsp3) is 0.510. The number of phenols is 3. The van der Waals surface area contributed by atoms with Crippen molar-refractivity contribution in [3.05, 3.63) is 115 Å². The molecule has 4 aromatic carbocycles. The lowest BCUT2D eigenvalue weighted by Gasteiger charge is -2.27. The van der Waals surface area contributed by atoms with Gasteiger partial charge in [-0.05, 0) is 94.8 Å². The number of hydrogen-bond donors (Lipinski definition) is 3. The summed E-state index contributed by atoms with van der Waals surface area (Å²) in [4.78, 5) is 0. The molecular weight excluding hydrogens is 653 g/mol. The third-order valence-electron chi connectivity index (χ3n) is 11.0. The van der Waals surface area contributed by atoms with Crippen molar-refractivity contribution in [1.82, 2.24) is 0 Å². The highest BCUT2D eigenvalue weighted by molar-refractivity contribution is 5.59. The lowest BCUT2D eigenvalue weighted by molar-refractivity contribution is 0.300. The van der Waals surface area contributed by atoms with Crippen molar-refractivity contribution in [3.8, 4) is 23.0 Å². The van der Waals surface area contributed by atoms with Gasteiger partial charge < -0.3 is 20.1 Å². The van der Waals surface area contributed by atoms with Gasteiger partial charge in [-0.1, -0.05) is 151 Å². The van der Waals surface area contributed by atoms with E-state index in [1.165, 1.54) is 5.56 Å². The molecule has 286 valence electrons. The van der Waals surface area contributed by atoms with Gasteiger partial charge in [-0.3, -0.25) is 0 Å². The summed E-state index contributed by atoms with van der Waals surface area (Å²) in [6.07, 6.45) is 4.87. The van der Waals surface area contributed by atoms with E-state index in [0.717, 1.165) is 86.2 Å². The van der Waals surface area contributed by atoms with Crippen LogP contribution in [0.3, 0.4) is 0 Å². The number of fused-ring (bicyclic) bond motifs is 8. The molecule has 0 unspecified atom stereocenters. The molecule has 0 heterocycles. The molecule has 4 nitrogen and oxygen atoms in total. The molecule has 4 aromatic rings. The third kappa shape index (κ3) is 9.07. The number of hydrogen-bond acceptors (Lipinski definition) is 4. The van der Waals surface area contributed by atoms with Gasteiger partial charge in [0.2, 0.25) is 0 Å². The zero-order valence-electron chi connectivity index (χ0n) is 35.0. The van der Waals surface area contributed by atoms with E-state index >= 15 is 0 Å². The lowest BCUT2D eigenvalue weighted by atomic mass is 9.79. The van der Waals surface area contributed by atoms with Crippen molar-refractivity contribution in [2.45, 2.75) is 157 Å². The van der Waals surface area contributed by atoms with Crippen molar-refractivity contribution in [3.63, 3.8) is 0 Å². The Bertz CT molecular complexity index is 1850. The second kappa shape index (κ2) is 14.7. The van der Waals surface area contributed by atoms with Crippen LogP contribution < -0.4 is 4.74 Å². The Hall–Kier alpha value is -3.92. The van der Waals surface area contributed by atoms with Gasteiger partial charge in [0.1, 0.15) is 23.0 Å². The fourth-order valence-corrected chi connectivity index (χ4v) is 7.37. The zero-order chi connectivity index (χ0) is 39.3. The number of aromatic hydroxyl groups is 3.